The average Bonchev–Trinajstić information content (AvgIpc) is 2.77. The summed E-state index contributed by atoms with van der Waals surface area (Å²) in [6.07, 6.45) is 4.87. The lowest BCUT2D eigenvalue weighted by Gasteiger charge is -1.96. The van der Waals surface area contributed by atoms with Crippen LogP contribution < -0.4 is 0 Å². The van der Waals surface area contributed by atoms with Gasteiger partial charge < -0.3 is 4.57 Å². The van der Waals surface area contributed by atoms with Crippen molar-refractivity contribution in [1.29, 1.82) is 0 Å². The van der Waals surface area contributed by atoms with Crippen LogP contribution >= 0.6 is 0 Å². The molecule has 0 saturated carbocycles. The van der Waals surface area contributed by atoms with E-state index in [-0.39, 0.29) is 0 Å². The van der Waals surface area contributed by atoms with E-state index in [1.54, 1.807) is 6.20 Å². The minimum atomic E-state index is 0.839. The summed E-state index contributed by atoms with van der Waals surface area (Å²) in [5.74, 6) is 0. The summed E-state index contributed by atoms with van der Waals surface area (Å²) in [6, 6.07) is 3.85. The van der Waals surface area contributed by atoms with Gasteiger partial charge in [-0.1, -0.05) is 0 Å². The normalized spacial score (nSPS) is 14.6. The maximum atomic E-state index is 11.0. The van der Waals surface area contributed by atoms with E-state index in [0.29, 0.717) is 0 Å². The zero-order valence-electron chi connectivity index (χ0n) is 7.73. The molecule has 2 aromatic heterocycles. The predicted molar refractivity (Wildman–Crippen MR) is 53.4 cm³/mol. The van der Waals surface area contributed by atoms with Crippen LogP contribution in [0.15, 0.2) is 18.3 Å². The highest BCUT2D eigenvalue weighted by Gasteiger charge is 2.20. The number of fused-ring (bicyclic) bond motifs is 3. The van der Waals surface area contributed by atoms with Crippen molar-refractivity contribution >= 4 is 17.3 Å². The topological polar surface area (TPSA) is 34.9 Å². The number of pyridine rings is 1. The van der Waals surface area contributed by atoms with Gasteiger partial charge in [-0.3, -0.25) is 4.79 Å². The van der Waals surface area contributed by atoms with Gasteiger partial charge in [-0.25, -0.2) is 4.98 Å². The van der Waals surface area contributed by atoms with Crippen molar-refractivity contribution in [2.45, 2.75) is 19.4 Å². The SMILES string of the molecule is O=Cc1c2n(c3ncccc13)CCC2. The molecule has 0 amide bonds. The second-order valence-corrected chi connectivity index (χ2v) is 3.61. The Morgan fingerprint density at radius 2 is 2.43 bits per heavy atom. The first-order valence-corrected chi connectivity index (χ1v) is 4.83. The number of aromatic nitrogens is 2. The van der Waals surface area contributed by atoms with Gasteiger partial charge in [0.2, 0.25) is 0 Å². The summed E-state index contributed by atoms with van der Waals surface area (Å²) in [7, 11) is 0. The second kappa shape index (κ2) is 2.67. The van der Waals surface area contributed by atoms with Gasteiger partial charge in [0.1, 0.15) is 5.65 Å². The van der Waals surface area contributed by atoms with E-state index < -0.39 is 0 Å². The summed E-state index contributed by atoms with van der Waals surface area (Å²) in [6.45, 7) is 0.997. The Labute approximate surface area is 81.4 Å². The highest BCUT2D eigenvalue weighted by Crippen LogP contribution is 2.28. The van der Waals surface area contributed by atoms with Crippen molar-refractivity contribution in [2.75, 3.05) is 0 Å². The molecule has 0 fully saturated rings. The summed E-state index contributed by atoms with van der Waals surface area (Å²) >= 11 is 0. The quantitative estimate of drug-likeness (QED) is 0.636. The van der Waals surface area contributed by atoms with E-state index >= 15 is 0 Å². The molecule has 0 spiro atoms. The van der Waals surface area contributed by atoms with Crippen LogP contribution in [0.2, 0.25) is 0 Å². The van der Waals surface area contributed by atoms with Crippen molar-refractivity contribution in [3.63, 3.8) is 0 Å². The smallest absolute Gasteiger partial charge is 0.152 e. The number of aryl methyl sites for hydroxylation is 1. The Bertz CT molecular complexity index is 513. The highest BCUT2D eigenvalue weighted by molar-refractivity contribution is 5.98. The number of aldehydes is 1. The molecule has 3 heteroatoms. The van der Waals surface area contributed by atoms with Crippen molar-refractivity contribution in [2.24, 2.45) is 0 Å². The highest BCUT2D eigenvalue weighted by atomic mass is 16.1. The number of carbonyl (C=O) groups excluding carboxylic acids is 1. The standard InChI is InChI=1S/C11H10N2O/c14-7-9-8-3-1-5-12-11(8)13-6-2-4-10(9)13/h1,3,5,7H,2,4,6H2. The molecule has 0 aromatic carbocycles. The van der Waals surface area contributed by atoms with Crippen LogP contribution in [0.1, 0.15) is 22.5 Å². The van der Waals surface area contributed by atoms with Crippen LogP contribution in [0, 0.1) is 0 Å². The van der Waals surface area contributed by atoms with Crippen LogP contribution in [0.25, 0.3) is 11.0 Å². The Balaban J connectivity index is 2.48. The molecule has 70 valence electrons. The molecular formula is C11H10N2O. The van der Waals surface area contributed by atoms with E-state index in [4.69, 9.17) is 0 Å². The van der Waals surface area contributed by atoms with Gasteiger partial charge in [0.25, 0.3) is 0 Å². The fourth-order valence-electron chi connectivity index (χ4n) is 2.30. The van der Waals surface area contributed by atoms with Crippen LogP contribution in [0.4, 0.5) is 0 Å². The van der Waals surface area contributed by atoms with Crippen LogP contribution in [-0.4, -0.2) is 15.8 Å². The molecule has 0 bridgehead atoms. The van der Waals surface area contributed by atoms with Gasteiger partial charge in [-0.15, -0.1) is 0 Å². The number of hydrogen-bond acceptors (Lipinski definition) is 2. The maximum Gasteiger partial charge on any atom is 0.152 e. The summed E-state index contributed by atoms with van der Waals surface area (Å²) < 4.78 is 2.17. The van der Waals surface area contributed by atoms with Crippen molar-refractivity contribution in [1.82, 2.24) is 9.55 Å². The number of carbonyl (C=O) groups is 1. The first-order valence-electron chi connectivity index (χ1n) is 4.83. The molecule has 14 heavy (non-hydrogen) atoms. The second-order valence-electron chi connectivity index (χ2n) is 3.61. The van der Waals surface area contributed by atoms with E-state index in [0.717, 1.165) is 48.0 Å². The van der Waals surface area contributed by atoms with Crippen molar-refractivity contribution in [3.8, 4) is 0 Å². The fourth-order valence-corrected chi connectivity index (χ4v) is 2.30. The predicted octanol–water partition coefficient (Wildman–Crippen LogP) is 1.79. The third-order valence-electron chi connectivity index (χ3n) is 2.88. The third kappa shape index (κ3) is 0.816. The number of rotatable bonds is 1. The molecule has 2 aromatic rings. The lowest BCUT2D eigenvalue weighted by molar-refractivity contribution is 0.112. The number of nitrogens with zero attached hydrogens (tertiary/aromatic N) is 2. The van der Waals surface area contributed by atoms with Gasteiger partial charge >= 0.3 is 0 Å². The van der Waals surface area contributed by atoms with E-state index in [9.17, 15) is 4.79 Å². The van der Waals surface area contributed by atoms with Gasteiger partial charge in [0.15, 0.2) is 6.29 Å². The summed E-state index contributed by atoms with van der Waals surface area (Å²) in [5, 5.41) is 0.997. The largest absolute Gasteiger partial charge is 0.329 e. The fraction of sp³-hybridized carbons (Fsp3) is 0.273. The van der Waals surface area contributed by atoms with Gasteiger partial charge in [-0.2, -0.15) is 0 Å². The molecule has 3 rings (SSSR count). The van der Waals surface area contributed by atoms with Gasteiger partial charge in [0, 0.05) is 29.4 Å². The maximum absolute atomic E-state index is 11.0. The molecule has 3 heterocycles. The van der Waals surface area contributed by atoms with Crippen LogP contribution in [0.3, 0.4) is 0 Å². The Morgan fingerprint density at radius 3 is 3.29 bits per heavy atom. The Morgan fingerprint density at radius 1 is 1.50 bits per heavy atom. The molecule has 0 saturated heterocycles. The van der Waals surface area contributed by atoms with Crippen LogP contribution in [0.5, 0.6) is 0 Å². The van der Waals surface area contributed by atoms with E-state index in [2.05, 4.69) is 9.55 Å². The minimum Gasteiger partial charge on any atom is -0.329 e. The third-order valence-corrected chi connectivity index (χ3v) is 2.88. The molecule has 1 aliphatic rings. The summed E-state index contributed by atoms with van der Waals surface area (Å²) in [4.78, 5) is 15.3. The first-order chi connectivity index (χ1) is 6.92. The summed E-state index contributed by atoms with van der Waals surface area (Å²) in [5.41, 5.74) is 2.96. The minimum absolute atomic E-state index is 0.839. The first kappa shape index (κ1) is 7.74. The molecule has 3 nitrogen and oxygen atoms in total. The van der Waals surface area contributed by atoms with Gasteiger partial charge in [0.05, 0.1) is 0 Å². The molecule has 1 aliphatic heterocycles. The van der Waals surface area contributed by atoms with Crippen molar-refractivity contribution in [3.05, 3.63) is 29.6 Å². The van der Waals surface area contributed by atoms with E-state index in [1.165, 1.54) is 0 Å². The zero-order chi connectivity index (χ0) is 9.54. The van der Waals surface area contributed by atoms with E-state index in [1.807, 2.05) is 12.1 Å². The molecule has 0 atom stereocenters. The Hall–Kier alpha value is -1.64. The van der Waals surface area contributed by atoms with Gasteiger partial charge in [-0.05, 0) is 25.0 Å². The Kier molecular flexibility index (Phi) is 1.48. The lowest BCUT2D eigenvalue weighted by Crippen LogP contribution is -1.93. The van der Waals surface area contributed by atoms with Crippen LogP contribution in [-0.2, 0) is 13.0 Å². The molecule has 0 N–H and O–H groups in total. The monoisotopic (exact) mass is 186 g/mol. The molecule has 0 aliphatic carbocycles. The molecular weight excluding hydrogens is 176 g/mol. The average molecular weight is 186 g/mol. The zero-order valence-corrected chi connectivity index (χ0v) is 7.73. The molecule has 0 unspecified atom stereocenters. The molecule has 0 radical (unpaired) electrons. The number of hydrogen-bond donors (Lipinski definition) is 0. The van der Waals surface area contributed by atoms with Crippen molar-refractivity contribution < 1.29 is 4.79 Å². The lowest BCUT2D eigenvalue weighted by atomic mass is 10.1.